The normalized spacial score (nSPS) is 10.0. The molecule has 0 bridgehead atoms. The van der Waals surface area contributed by atoms with Crippen LogP contribution in [0.15, 0.2) is 36.4 Å². The summed E-state index contributed by atoms with van der Waals surface area (Å²) in [7, 11) is 2.93. The van der Waals surface area contributed by atoms with E-state index >= 15 is 0 Å². The molecule has 0 aliphatic rings. The molecule has 0 heterocycles. The maximum absolute atomic E-state index is 12.3. The van der Waals surface area contributed by atoms with E-state index in [0.717, 1.165) is 0 Å². The zero-order valence-corrected chi connectivity index (χ0v) is 13.1. The van der Waals surface area contributed by atoms with Crippen molar-refractivity contribution in [2.45, 2.75) is 0 Å². The molecule has 0 aromatic heterocycles. The number of nitrogens with zero attached hydrogens (tertiary/aromatic N) is 1. The first-order chi connectivity index (χ1) is 11.0. The second-order valence-corrected chi connectivity index (χ2v) is 4.85. The minimum Gasteiger partial charge on any atom is -0.497 e. The minimum absolute atomic E-state index is 0.00460. The Labute approximate surface area is 136 Å². The standard InChI is InChI=1S/C15H13ClN2O5/c1-22-10-4-5-11(14(8-10)23-2)15(19)17-9-3-6-12(16)13(7-9)18(20)21/h3-8H,1-2H3,(H,17,19). The maximum atomic E-state index is 12.3. The third-order valence-corrected chi connectivity index (χ3v) is 3.37. The zero-order valence-electron chi connectivity index (χ0n) is 12.3. The van der Waals surface area contributed by atoms with E-state index in [0.29, 0.717) is 11.5 Å². The Balaban J connectivity index is 2.29. The van der Waals surface area contributed by atoms with Crippen molar-refractivity contribution in [3.05, 3.63) is 57.1 Å². The number of methoxy groups -OCH3 is 2. The monoisotopic (exact) mass is 336 g/mol. The van der Waals surface area contributed by atoms with Crippen molar-refractivity contribution in [1.82, 2.24) is 0 Å². The van der Waals surface area contributed by atoms with Gasteiger partial charge in [-0.3, -0.25) is 14.9 Å². The Morgan fingerprint density at radius 1 is 1.17 bits per heavy atom. The number of ether oxygens (including phenoxy) is 2. The number of anilines is 1. The zero-order chi connectivity index (χ0) is 17.0. The van der Waals surface area contributed by atoms with Crippen molar-refractivity contribution in [2.24, 2.45) is 0 Å². The number of hydrogen-bond donors (Lipinski definition) is 1. The first-order valence-electron chi connectivity index (χ1n) is 6.43. The van der Waals surface area contributed by atoms with Crippen LogP contribution in [-0.4, -0.2) is 25.1 Å². The Hall–Kier alpha value is -2.80. The van der Waals surface area contributed by atoms with E-state index in [4.69, 9.17) is 21.1 Å². The highest BCUT2D eigenvalue weighted by atomic mass is 35.5. The largest absolute Gasteiger partial charge is 0.497 e. The number of carbonyl (C=O) groups is 1. The second-order valence-electron chi connectivity index (χ2n) is 4.44. The molecular formula is C15H13ClN2O5. The summed E-state index contributed by atoms with van der Waals surface area (Å²) in [4.78, 5) is 22.6. The Morgan fingerprint density at radius 3 is 2.52 bits per heavy atom. The molecule has 23 heavy (non-hydrogen) atoms. The quantitative estimate of drug-likeness (QED) is 0.666. The highest BCUT2D eigenvalue weighted by Crippen LogP contribution is 2.29. The van der Waals surface area contributed by atoms with Gasteiger partial charge < -0.3 is 14.8 Å². The Kier molecular flexibility index (Phi) is 5.02. The molecule has 0 aliphatic heterocycles. The van der Waals surface area contributed by atoms with E-state index in [9.17, 15) is 14.9 Å². The van der Waals surface area contributed by atoms with Gasteiger partial charge in [-0.05, 0) is 24.3 Å². The second kappa shape index (κ2) is 6.97. The molecule has 2 aromatic rings. The van der Waals surface area contributed by atoms with E-state index in [-0.39, 0.29) is 22.0 Å². The lowest BCUT2D eigenvalue weighted by atomic mass is 10.1. The van der Waals surface area contributed by atoms with Gasteiger partial charge in [-0.15, -0.1) is 0 Å². The number of hydrogen-bond acceptors (Lipinski definition) is 5. The van der Waals surface area contributed by atoms with Crippen LogP contribution in [0.25, 0.3) is 0 Å². The molecule has 0 saturated carbocycles. The third-order valence-electron chi connectivity index (χ3n) is 3.05. The molecule has 0 saturated heterocycles. The van der Waals surface area contributed by atoms with Crippen molar-refractivity contribution in [1.29, 1.82) is 0 Å². The molecule has 0 fully saturated rings. The first-order valence-corrected chi connectivity index (χ1v) is 6.81. The average Bonchev–Trinajstić information content (AvgIpc) is 2.55. The van der Waals surface area contributed by atoms with Crippen molar-refractivity contribution < 1.29 is 19.2 Å². The van der Waals surface area contributed by atoms with Crippen molar-refractivity contribution in [2.75, 3.05) is 19.5 Å². The Morgan fingerprint density at radius 2 is 1.91 bits per heavy atom. The van der Waals surface area contributed by atoms with Gasteiger partial charge in [-0.25, -0.2) is 0 Å². The fourth-order valence-corrected chi connectivity index (χ4v) is 2.10. The van der Waals surface area contributed by atoms with Crippen LogP contribution < -0.4 is 14.8 Å². The lowest BCUT2D eigenvalue weighted by molar-refractivity contribution is -0.384. The fourth-order valence-electron chi connectivity index (χ4n) is 1.91. The predicted octanol–water partition coefficient (Wildman–Crippen LogP) is 3.52. The Bertz CT molecular complexity index is 764. The summed E-state index contributed by atoms with van der Waals surface area (Å²) in [6, 6.07) is 8.73. The molecule has 0 spiro atoms. The van der Waals surface area contributed by atoms with Crippen LogP contribution in [0.1, 0.15) is 10.4 Å². The summed E-state index contributed by atoms with van der Waals surface area (Å²) in [5, 5.41) is 13.4. The number of carbonyl (C=O) groups excluding carboxylic acids is 1. The van der Waals surface area contributed by atoms with Gasteiger partial charge in [0.15, 0.2) is 0 Å². The molecular weight excluding hydrogens is 324 g/mol. The summed E-state index contributed by atoms with van der Waals surface area (Å²) in [5.41, 5.74) is 0.237. The van der Waals surface area contributed by atoms with Gasteiger partial charge in [0.1, 0.15) is 16.5 Å². The van der Waals surface area contributed by atoms with Crippen molar-refractivity contribution >= 4 is 28.9 Å². The van der Waals surface area contributed by atoms with Crippen LogP contribution in [0.4, 0.5) is 11.4 Å². The number of rotatable bonds is 5. The van der Waals surface area contributed by atoms with Gasteiger partial charge in [-0.2, -0.15) is 0 Å². The van der Waals surface area contributed by atoms with Gasteiger partial charge >= 0.3 is 0 Å². The van der Waals surface area contributed by atoms with E-state index in [2.05, 4.69) is 5.32 Å². The number of nitrogens with one attached hydrogen (secondary N) is 1. The van der Waals surface area contributed by atoms with E-state index in [1.54, 1.807) is 12.1 Å². The van der Waals surface area contributed by atoms with Gasteiger partial charge in [0.05, 0.1) is 24.7 Å². The number of nitro benzene ring substituents is 1. The van der Waals surface area contributed by atoms with Gasteiger partial charge in [0, 0.05) is 17.8 Å². The lowest BCUT2D eigenvalue weighted by Gasteiger charge is -2.11. The number of halogens is 1. The molecule has 0 aliphatic carbocycles. The number of nitro groups is 1. The summed E-state index contributed by atoms with van der Waals surface area (Å²) in [6.45, 7) is 0. The molecule has 7 nitrogen and oxygen atoms in total. The number of benzene rings is 2. The van der Waals surface area contributed by atoms with E-state index in [1.807, 2.05) is 0 Å². The van der Waals surface area contributed by atoms with Crippen LogP contribution in [-0.2, 0) is 0 Å². The van der Waals surface area contributed by atoms with Crippen LogP contribution in [0.2, 0.25) is 5.02 Å². The molecule has 0 unspecified atom stereocenters. The summed E-state index contributed by atoms with van der Waals surface area (Å²) in [6.07, 6.45) is 0. The highest BCUT2D eigenvalue weighted by molar-refractivity contribution is 6.32. The lowest BCUT2D eigenvalue weighted by Crippen LogP contribution is -2.13. The molecule has 0 radical (unpaired) electrons. The molecule has 2 rings (SSSR count). The molecule has 1 amide bonds. The fraction of sp³-hybridized carbons (Fsp3) is 0.133. The van der Waals surface area contributed by atoms with E-state index < -0.39 is 10.8 Å². The molecule has 0 atom stereocenters. The minimum atomic E-state index is -0.619. The average molecular weight is 337 g/mol. The van der Waals surface area contributed by atoms with Gasteiger partial charge in [0.2, 0.25) is 0 Å². The highest BCUT2D eigenvalue weighted by Gasteiger charge is 2.17. The smallest absolute Gasteiger partial charge is 0.289 e. The van der Waals surface area contributed by atoms with Crippen LogP contribution >= 0.6 is 11.6 Å². The van der Waals surface area contributed by atoms with Crippen molar-refractivity contribution in [3.8, 4) is 11.5 Å². The van der Waals surface area contributed by atoms with E-state index in [1.165, 1.54) is 38.5 Å². The van der Waals surface area contributed by atoms with Crippen molar-refractivity contribution in [3.63, 3.8) is 0 Å². The van der Waals surface area contributed by atoms with Gasteiger partial charge in [0.25, 0.3) is 11.6 Å². The molecule has 120 valence electrons. The van der Waals surface area contributed by atoms with Gasteiger partial charge in [-0.1, -0.05) is 11.6 Å². The first kappa shape index (κ1) is 16.6. The topological polar surface area (TPSA) is 90.7 Å². The predicted molar refractivity (Wildman–Crippen MR) is 85.6 cm³/mol. The maximum Gasteiger partial charge on any atom is 0.289 e. The summed E-state index contributed by atoms with van der Waals surface area (Å²) >= 11 is 5.74. The molecule has 8 heteroatoms. The summed E-state index contributed by atoms with van der Waals surface area (Å²) in [5.74, 6) is 0.395. The SMILES string of the molecule is COc1ccc(C(=O)Nc2ccc(Cl)c([N+](=O)[O-])c2)c(OC)c1. The van der Waals surface area contributed by atoms with Crippen LogP contribution in [0.3, 0.4) is 0 Å². The van der Waals surface area contributed by atoms with Crippen LogP contribution in [0, 0.1) is 10.1 Å². The third kappa shape index (κ3) is 3.70. The number of amides is 1. The van der Waals surface area contributed by atoms with Crippen LogP contribution in [0.5, 0.6) is 11.5 Å². The molecule has 1 N–H and O–H groups in total. The molecule has 2 aromatic carbocycles. The summed E-state index contributed by atoms with van der Waals surface area (Å²) < 4.78 is 10.2.